The van der Waals surface area contributed by atoms with Gasteiger partial charge in [-0.15, -0.1) is 0 Å². The molecule has 100 valence electrons. The second-order valence-electron chi connectivity index (χ2n) is 4.57. The highest BCUT2D eigenvalue weighted by atomic mass is 32.2. The Kier molecular flexibility index (Phi) is 4.24. The van der Waals surface area contributed by atoms with Crippen LogP contribution in [0.2, 0.25) is 0 Å². The minimum atomic E-state index is -3.24. The van der Waals surface area contributed by atoms with Gasteiger partial charge in [-0.25, -0.2) is 8.42 Å². The summed E-state index contributed by atoms with van der Waals surface area (Å²) in [6.07, 6.45) is 2.02. The van der Waals surface area contributed by atoms with E-state index in [2.05, 4.69) is 5.32 Å². The normalized spacial score (nSPS) is 19.9. The maximum absolute atomic E-state index is 12.4. The fourth-order valence-electron chi connectivity index (χ4n) is 2.38. The van der Waals surface area contributed by atoms with E-state index in [4.69, 9.17) is 0 Å². The van der Waals surface area contributed by atoms with Gasteiger partial charge in [0.2, 0.25) is 10.0 Å². The first-order valence-corrected chi connectivity index (χ1v) is 8.03. The molecule has 0 bridgehead atoms. The second kappa shape index (κ2) is 5.71. The molecule has 1 aromatic carbocycles. The third-order valence-electron chi connectivity index (χ3n) is 3.24. The van der Waals surface area contributed by atoms with Gasteiger partial charge in [0.25, 0.3) is 0 Å². The fraction of sp³-hybridized carbons (Fsp3) is 0.538. The second-order valence-corrected chi connectivity index (χ2v) is 6.51. The molecule has 1 fully saturated rings. The van der Waals surface area contributed by atoms with Crippen molar-refractivity contribution in [2.45, 2.75) is 25.8 Å². The van der Waals surface area contributed by atoms with E-state index in [-0.39, 0.29) is 11.8 Å². The van der Waals surface area contributed by atoms with Crippen molar-refractivity contribution in [3.05, 3.63) is 30.3 Å². The van der Waals surface area contributed by atoms with E-state index >= 15 is 0 Å². The summed E-state index contributed by atoms with van der Waals surface area (Å²) >= 11 is 0. The smallest absolute Gasteiger partial charge is 0.236 e. The largest absolute Gasteiger partial charge is 0.313 e. The van der Waals surface area contributed by atoms with Crippen molar-refractivity contribution < 1.29 is 8.42 Å². The van der Waals surface area contributed by atoms with Crippen molar-refractivity contribution in [2.24, 2.45) is 0 Å². The van der Waals surface area contributed by atoms with Crippen LogP contribution in [0.25, 0.3) is 0 Å². The van der Waals surface area contributed by atoms with Crippen molar-refractivity contribution in [3.63, 3.8) is 0 Å². The summed E-state index contributed by atoms with van der Waals surface area (Å²) in [6.45, 7) is 3.27. The molecular formula is C13H20N2O2S. The van der Waals surface area contributed by atoms with Crippen LogP contribution in [0.1, 0.15) is 19.8 Å². The Bertz CT molecular complexity index is 467. The van der Waals surface area contributed by atoms with Crippen LogP contribution in [0.15, 0.2) is 30.3 Å². The lowest BCUT2D eigenvalue weighted by Crippen LogP contribution is -2.39. The molecule has 0 spiro atoms. The number of hydrogen-bond donors (Lipinski definition) is 1. The van der Waals surface area contributed by atoms with Gasteiger partial charge in [-0.3, -0.25) is 4.31 Å². The average molecular weight is 268 g/mol. The highest BCUT2D eigenvalue weighted by Gasteiger charge is 2.26. The Hall–Kier alpha value is -1.07. The lowest BCUT2D eigenvalue weighted by molar-refractivity contribution is 0.573. The number of nitrogens with one attached hydrogen (secondary N) is 1. The number of hydrogen-bond acceptors (Lipinski definition) is 3. The molecule has 1 N–H and O–H groups in total. The first kappa shape index (κ1) is 13.4. The Morgan fingerprint density at radius 2 is 2.06 bits per heavy atom. The summed E-state index contributed by atoms with van der Waals surface area (Å²) in [5, 5.41) is 3.24. The average Bonchev–Trinajstić information content (AvgIpc) is 2.83. The molecule has 0 amide bonds. The topological polar surface area (TPSA) is 49.4 Å². The van der Waals surface area contributed by atoms with Gasteiger partial charge in [-0.05, 0) is 38.4 Å². The van der Waals surface area contributed by atoms with Gasteiger partial charge in [0.05, 0.1) is 11.4 Å². The van der Waals surface area contributed by atoms with Gasteiger partial charge in [0.15, 0.2) is 0 Å². The van der Waals surface area contributed by atoms with Crippen LogP contribution in [0.5, 0.6) is 0 Å². The first-order valence-electron chi connectivity index (χ1n) is 6.42. The molecule has 18 heavy (non-hydrogen) atoms. The Balaban J connectivity index is 2.15. The molecule has 1 unspecified atom stereocenters. The van der Waals surface area contributed by atoms with Crippen LogP contribution in [0.4, 0.5) is 5.69 Å². The van der Waals surface area contributed by atoms with Crippen molar-refractivity contribution >= 4 is 15.7 Å². The van der Waals surface area contributed by atoms with Crippen LogP contribution in [0, 0.1) is 0 Å². The van der Waals surface area contributed by atoms with E-state index in [9.17, 15) is 8.42 Å². The van der Waals surface area contributed by atoms with Crippen molar-refractivity contribution in [1.29, 1.82) is 0 Å². The number of anilines is 1. The lowest BCUT2D eigenvalue weighted by atomic mass is 10.3. The molecule has 0 radical (unpaired) electrons. The minimum Gasteiger partial charge on any atom is -0.313 e. The van der Waals surface area contributed by atoms with Gasteiger partial charge in [-0.2, -0.15) is 0 Å². The van der Waals surface area contributed by atoms with Crippen molar-refractivity contribution in [3.8, 4) is 0 Å². The predicted octanol–water partition coefficient (Wildman–Crippen LogP) is 1.59. The fourth-order valence-corrected chi connectivity index (χ4v) is 4.19. The molecule has 0 saturated carbocycles. The highest BCUT2D eigenvalue weighted by Crippen LogP contribution is 2.19. The maximum Gasteiger partial charge on any atom is 0.236 e. The number of rotatable bonds is 5. The summed E-state index contributed by atoms with van der Waals surface area (Å²) in [4.78, 5) is 0. The molecule has 0 aliphatic carbocycles. The molecular weight excluding hydrogens is 248 g/mol. The number of sulfonamides is 1. The van der Waals surface area contributed by atoms with Gasteiger partial charge in [0.1, 0.15) is 0 Å². The highest BCUT2D eigenvalue weighted by molar-refractivity contribution is 7.92. The summed E-state index contributed by atoms with van der Waals surface area (Å²) in [6, 6.07) is 9.39. The van der Waals surface area contributed by atoms with E-state index in [1.807, 2.05) is 37.3 Å². The van der Waals surface area contributed by atoms with Crippen LogP contribution >= 0.6 is 0 Å². The van der Waals surface area contributed by atoms with E-state index < -0.39 is 10.0 Å². The summed E-state index contributed by atoms with van der Waals surface area (Å²) < 4.78 is 26.3. The number of nitrogens with zero attached hydrogens (tertiary/aromatic N) is 1. The van der Waals surface area contributed by atoms with Crippen LogP contribution in [0.3, 0.4) is 0 Å². The molecule has 1 heterocycles. The standard InChI is InChI=1S/C13H20N2O2S/c1-2-15(13-8-4-3-5-9-13)18(16,17)11-12-7-6-10-14-12/h3-5,8-9,12,14H,2,6-7,10-11H2,1H3. The number of para-hydroxylation sites is 1. The third-order valence-corrected chi connectivity index (χ3v) is 5.21. The van der Waals surface area contributed by atoms with Crippen LogP contribution < -0.4 is 9.62 Å². The van der Waals surface area contributed by atoms with Gasteiger partial charge in [0, 0.05) is 12.6 Å². The SMILES string of the molecule is CCN(c1ccccc1)S(=O)(=O)CC1CCCN1. The molecule has 1 aliphatic rings. The predicted molar refractivity (Wildman–Crippen MR) is 74.3 cm³/mol. The zero-order chi connectivity index (χ0) is 13.0. The number of benzene rings is 1. The van der Waals surface area contributed by atoms with Crippen molar-refractivity contribution in [1.82, 2.24) is 5.32 Å². The van der Waals surface area contributed by atoms with E-state index in [1.54, 1.807) is 0 Å². The Morgan fingerprint density at radius 3 is 2.61 bits per heavy atom. The Morgan fingerprint density at radius 1 is 1.33 bits per heavy atom. The summed E-state index contributed by atoms with van der Waals surface area (Å²) in [7, 11) is -3.24. The summed E-state index contributed by atoms with van der Waals surface area (Å²) in [5.41, 5.74) is 0.748. The van der Waals surface area contributed by atoms with Crippen LogP contribution in [-0.4, -0.2) is 33.3 Å². The zero-order valence-corrected chi connectivity index (χ0v) is 11.5. The van der Waals surface area contributed by atoms with Crippen LogP contribution in [-0.2, 0) is 10.0 Å². The van der Waals surface area contributed by atoms with Gasteiger partial charge >= 0.3 is 0 Å². The van der Waals surface area contributed by atoms with Gasteiger partial charge in [-0.1, -0.05) is 18.2 Å². The third kappa shape index (κ3) is 3.03. The molecule has 2 rings (SSSR count). The molecule has 1 saturated heterocycles. The monoisotopic (exact) mass is 268 g/mol. The quantitative estimate of drug-likeness (QED) is 0.882. The molecule has 4 nitrogen and oxygen atoms in total. The maximum atomic E-state index is 12.4. The zero-order valence-electron chi connectivity index (χ0n) is 10.7. The van der Waals surface area contributed by atoms with E-state index in [0.29, 0.717) is 6.54 Å². The lowest BCUT2D eigenvalue weighted by Gasteiger charge is -2.24. The summed E-state index contributed by atoms with van der Waals surface area (Å²) in [5.74, 6) is 0.190. The molecule has 5 heteroatoms. The molecule has 1 atom stereocenters. The Labute approximate surface area is 109 Å². The molecule has 1 aromatic rings. The van der Waals surface area contributed by atoms with E-state index in [1.165, 1.54) is 4.31 Å². The molecule has 0 aromatic heterocycles. The first-order chi connectivity index (χ1) is 8.63. The van der Waals surface area contributed by atoms with Gasteiger partial charge < -0.3 is 5.32 Å². The molecule has 1 aliphatic heterocycles. The van der Waals surface area contributed by atoms with Crippen molar-refractivity contribution in [2.75, 3.05) is 23.1 Å². The van der Waals surface area contributed by atoms with E-state index in [0.717, 1.165) is 25.1 Å². The minimum absolute atomic E-state index is 0.104.